The number of anilines is 2. The number of para-hydroxylation sites is 1. The van der Waals surface area contributed by atoms with Crippen LogP contribution in [0.4, 0.5) is 32.6 Å². The second kappa shape index (κ2) is 11.1. The molecule has 0 atom stereocenters. The van der Waals surface area contributed by atoms with Crippen molar-refractivity contribution in [2.75, 3.05) is 24.2 Å². The number of rotatable bonds is 8. The predicted molar refractivity (Wildman–Crippen MR) is 111 cm³/mol. The van der Waals surface area contributed by atoms with Crippen LogP contribution in [0.25, 0.3) is 0 Å². The summed E-state index contributed by atoms with van der Waals surface area (Å²) < 4.78 is 10.1. The van der Waals surface area contributed by atoms with E-state index in [1.165, 1.54) is 18.2 Å². The Morgan fingerprint density at radius 2 is 1.84 bits per heavy atom. The lowest BCUT2D eigenvalue weighted by Gasteiger charge is -2.09. The van der Waals surface area contributed by atoms with Gasteiger partial charge in [-0.2, -0.15) is 0 Å². The molecule has 1 heterocycles. The summed E-state index contributed by atoms with van der Waals surface area (Å²) in [5.41, 5.74) is 6.31. The number of ether oxygens (including phenoxy) is 2. The third-order valence-corrected chi connectivity index (χ3v) is 3.43. The van der Waals surface area contributed by atoms with Gasteiger partial charge in [-0.3, -0.25) is 4.79 Å². The minimum absolute atomic E-state index is 0.0255. The van der Waals surface area contributed by atoms with Crippen LogP contribution < -0.4 is 21.1 Å². The molecule has 1 aromatic heterocycles. The SMILES string of the molecule is CC(C)COC(=O)Oc1ccccc1/N=N/c1ccc(NC(=O)CNC(=O)O)nc1N. The number of nitrogen functional groups attached to an aromatic ring is 1. The van der Waals surface area contributed by atoms with Crippen molar-refractivity contribution in [2.24, 2.45) is 16.1 Å². The van der Waals surface area contributed by atoms with Crippen molar-refractivity contribution in [3.8, 4) is 5.75 Å². The molecule has 2 amide bonds. The van der Waals surface area contributed by atoms with Gasteiger partial charge in [0, 0.05) is 0 Å². The number of azo groups is 1. The van der Waals surface area contributed by atoms with Crippen LogP contribution in [-0.2, 0) is 9.53 Å². The summed E-state index contributed by atoms with van der Waals surface area (Å²) >= 11 is 0. The molecular formula is C19H22N6O6. The van der Waals surface area contributed by atoms with Gasteiger partial charge in [-0.05, 0) is 30.2 Å². The highest BCUT2D eigenvalue weighted by Gasteiger charge is 2.12. The molecule has 31 heavy (non-hydrogen) atoms. The van der Waals surface area contributed by atoms with Crippen LogP contribution in [0.15, 0.2) is 46.6 Å². The van der Waals surface area contributed by atoms with Crippen molar-refractivity contribution in [1.29, 1.82) is 0 Å². The maximum absolute atomic E-state index is 11.8. The van der Waals surface area contributed by atoms with Gasteiger partial charge in [-0.15, -0.1) is 10.2 Å². The van der Waals surface area contributed by atoms with Gasteiger partial charge >= 0.3 is 12.2 Å². The number of hydrogen-bond donors (Lipinski definition) is 4. The van der Waals surface area contributed by atoms with Gasteiger partial charge in [0.25, 0.3) is 0 Å². The summed E-state index contributed by atoms with van der Waals surface area (Å²) in [6.45, 7) is 3.59. The first-order valence-corrected chi connectivity index (χ1v) is 9.13. The van der Waals surface area contributed by atoms with Crippen LogP contribution in [0.3, 0.4) is 0 Å². The maximum atomic E-state index is 11.8. The average molecular weight is 430 g/mol. The first-order valence-electron chi connectivity index (χ1n) is 9.13. The third kappa shape index (κ3) is 7.97. The van der Waals surface area contributed by atoms with Crippen molar-refractivity contribution in [3.05, 3.63) is 36.4 Å². The van der Waals surface area contributed by atoms with Crippen LogP contribution in [0.5, 0.6) is 5.75 Å². The number of benzene rings is 1. The maximum Gasteiger partial charge on any atom is 0.513 e. The van der Waals surface area contributed by atoms with E-state index in [-0.39, 0.29) is 41.3 Å². The van der Waals surface area contributed by atoms with Crippen LogP contribution in [0.2, 0.25) is 0 Å². The molecule has 0 unspecified atom stereocenters. The van der Waals surface area contributed by atoms with E-state index in [4.69, 9.17) is 20.3 Å². The summed E-state index contributed by atoms with van der Waals surface area (Å²) in [5, 5.41) is 20.8. The fraction of sp³-hybridized carbons (Fsp3) is 0.263. The average Bonchev–Trinajstić information content (AvgIpc) is 2.71. The molecule has 0 bridgehead atoms. The Hall–Kier alpha value is -4.22. The summed E-state index contributed by atoms with van der Waals surface area (Å²) in [4.78, 5) is 37.8. The standard InChI is InChI=1S/C19H22N6O6/c1-11(2)10-30-19(29)31-14-6-4-3-5-12(14)24-25-13-7-8-15(23-17(13)20)22-16(26)9-21-18(27)28/h3-8,11,21H,9-10H2,1-2H3,(H,27,28)(H3,20,22,23,26)/b25-24+. The Balaban J connectivity index is 2.06. The molecule has 0 fully saturated rings. The summed E-state index contributed by atoms with van der Waals surface area (Å²) in [6.07, 6.45) is -2.18. The van der Waals surface area contributed by atoms with Gasteiger partial charge in [0.1, 0.15) is 23.7 Å². The molecule has 0 radical (unpaired) electrons. The van der Waals surface area contributed by atoms with Crippen molar-refractivity contribution >= 4 is 41.2 Å². The zero-order valence-corrected chi connectivity index (χ0v) is 16.9. The molecule has 0 saturated heterocycles. The molecule has 164 valence electrons. The van der Waals surface area contributed by atoms with Crippen molar-refractivity contribution in [3.63, 3.8) is 0 Å². The lowest BCUT2D eigenvalue weighted by atomic mass is 10.2. The zero-order valence-electron chi connectivity index (χ0n) is 16.9. The van der Waals surface area contributed by atoms with E-state index >= 15 is 0 Å². The molecule has 1 aromatic carbocycles. The number of nitrogens with zero attached hydrogens (tertiary/aromatic N) is 3. The normalized spacial score (nSPS) is 10.7. The molecule has 0 aliphatic rings. The molecule has 0 aliphatic heterocycles. The highest BCUT2D eigenvalue weighted by Crippen LogP contribution is 2.30. The van der Waals surface area contributed by atoms with E-state index in [2.05, 4.69) is 20.5 Å². The fourth-order valence-corrected chi connectivity index (χ4v) is 2.05. The number of pyridine rings is 1. The van der Waals surface area contributed by atoms with Gasteiger partial charge < -0.3 is 30.9 Å². The number of hydrogen-bond acceptors (Lipinski definition) is 9. The predicted octanol–water partition coefficient (Wildman–Crippen LogP) is 3.46. The number of aromatic nitrogens is 1. The van der Waals surface area contributed by atoms with Crippen LogP contribution in [0.1, 0.15) is 13.8 Å². The molecule has 5 N–H and O–H groups in total. The Kier molecular flexibility index (Phi) is 8.25. The van der Waals surface area contributed by atoms with E-state index in [0.29, 0.717) is 0 Å². The number of carboxylic acid groups (broad SMARTS) is 1. The van der Waals surface area contributed by atoms with Crippen molar-refractivity contribution < 1.29 is 29.0 Å². The fourth-order valence-electron chi connectivity index (χ4n) is 2.05. The topological polar surface area (TPSA) is 178 Å². The van der Waals surface area contributed by atoms with E-state index in [9.17, 15) is 14.4 Å². The molecule has 0 aliphatic carbocycles. The lowest BCUT2D eigenvalue weighted by molar-refractivity contribution is -0.115. The van der Waals surface area contributed by atoms with Crippen LogP contribution in [0, 0.1) is 5.92 Å². The van der Waals surface area contributed by atoms with Crippen LogP contribution >= 0.6 is 0 Å². The largest absolute Gasteiger partial charge is 0.513 e. The monoisotopic (exact) mass is 430 g/mol. The molecule has 0 saturated carbocycles. The van der Waals surface area contributed by atoms with E-state index in [0.717, 1.165) is 0 Å². The van der Waals surface area contributed by atoms with Crippen molar-refractivity contribution in [1.82, 2.24) is 10.3 Å². The van der Waals surface area contributed by atoms with Gasteiger partial charge in [0.2, 0.25) is 5.91 Å². The van der Waals surface area contributed by atoms with Gasteiger partial charge in [-0.1, -0.05) is 26.0 Å². The smallest absolute Gasteiger partial charge is 0.465 e. The quantitative estimate of drug-likeness (QED) is 0.279. The number of nitrogens with one attached hydrogen (secondary N) is 2. The van der Waals surface area contributed by atoms with E-state index in [1.807, 2.05) is 19.2 Å². The van der Waals surface area contributed by atoms with Gasteiger partial charge in [-0.25, -0.2) is 14.6 Å². The number of carbonyl (C=O) groups excluding carboxylic acids is 2. The number of carbonyl (C=O) groups is 3. The second-order valence-corrected chi connectivity index (χ2v) is 6.53. The van der Waals surface area contributed by atoms with Crippen molar-refractivity contribution in [2.45, 2.75) is 13.8 Å². The molecule has 0 spiro atoms. The third-order valence-electron chi connectivity index (χ3n) is 3.43. The number of nitrogens with two attached hydrogens (primary N) is 1. The minimum Gasteiger partial charge on any atom is -0.465 e. The molecule has 12 nitrogen and oxygen atoms in total. The van der Waals surface area contributed by atoms with E-state index in [1.54, 1.807) is 18.2 Å². The zero-order chi connectivity index (χ0) is 22.8. The highest BCUT2D eigenvalue weighted by molar-refractivity contribution is 5.93. The first kappa shape index (κ1) is 23.1. The Bertz CT molecular complexity index is 978. The minimum atomic E-state index is -1.32. The Labute approximate surface area is 177 Å². The Morgan fingerprint density at radius 3 is 2.52 bits per heavy atom. The van der Waals surface area contributed by atoms with Crippen LogP contribution in [-0.4, -0.2) is 41.4 Å². The van der Waals surface area contributed by atoms with Gasteiger partial charge in [0.15, 0.2) is 11.6 Å². The molecule has 12 heteroatoms. The molecule has 2 rings (SSSR count). The second-order valence-electron chi connectivity index (χ2n) is 6.53. The first-order chi connectivity index (χ1) is 14.7. The summed E-state index contributed by atoms with van der Waals surface area (Å²) in [6, 6.07) is 9.36. The summed E-state index contributed by atoms with van der Waals surface area (Å²) in [5.74, 6) is -0.202. The Morgan fingerprint density at radius 1 is 1.13 bits per heavy atom. The lowest BCUT2D eigenvalue weighted by Crippen LogP contribution is -2.31. The molecular weight excluding hydrogens is 408 g/mol. The summed E-state index contributed by atoms with van der Waals surface area (Å²) in [7, 11) is 0. The van der Waals surface area contributed by atoms with Gasteiger partial charge in [0.05, 0.1) is 6.61 Å². The highest BCUT2D eigenvalue weighted by atomic mass is 16.7. The number of amides is 2. The molecule has 2 aromatic rings. The van der Waals surface area contributed by atoms with E-state index < -0.39 is 24.7 Å².